The molecule has 0 bridgehead atoms. The fourth-order valence-electron chi connectivity index (χ4n) is 2.25. The second-order valence-electron chi connectivity index (χ2n) is 4.33. The summed E-state index contributed by atoms with van der Waals surface area (Å²) in [7, 11) is 1.93. The molecule has 2 atom stereocenters. The fourth-order valence-corrected chi connectivity index (χ4v) is 2.25. The highest BCUT2D eigenvalue weighted by atomic mass is 16.3. The summed E-state index contributed by atoms with van der Waals surface area (Å²) in [5.74, 6) is 1.14. The first-order valence-electron chi connectivity index (χ1n) is 5.67. The van der Waals surface area contributed by atoms with E-state index in [0.717, 1.165) is 31.5 Å². The number of nitrogens with two attached hydrogens (primary N) is 1. The van der Waals surface area contributed by atoms with Crippen molar-refractivity contribution in [2.24, 2.45) is 0 Å². The summed E-state index contributed by atoms with van der Waals surface area (Å²) in [6, 6.07) is 0.129. The minimum absolute atomic E-state index is 0.129. The zero-order valence-corrected chi connectivity index (χ0v) is 9.50. The van der Waals surface area contributed by atoms with Crippen molar-refractivity contribution in [2.75, 3.05) is 17.7 Å². The van der Waals surface area contributed by atoms with Crippen LogP contribution in [0.2, 0.25) is 0 Å². The van der Waals surface area contributed by atoms with Crippen molar-refractivity contribution in [1.29, 1.82) is 0 Å². The first kappa shape index (κ1) is 11.1. The quantitative estimate of drug-likeness (QED) is 0.774. The molecule has 3 N–H and O–H groups in total. The molecule has 0 aromatic carbocycles. The van der Waals surface area contributed by atoms with Crippen LogP contribution in [-0.4, -0.2) is 34.3 Å². The number of aromatic nitrogens is 2. The standard InChI is InChI=1S/C11H18N4O/c1-15(8-4-2-3-5-9(8)16)11-7-13-6-10(12)14-11/h6-9,16H,2-5H2,1H3,(H2,12,14). The van der Waals surface area contributed by atoms with Gasteiger partial charge in [-0.3, -0.25) is 4.98 Å². The molecule has 1 aromatic rings. The molecule has 0 radical (unpaired) electrons. The summed E-state index contributed by atoms with van der Waals surface area (Å²) < 4.78 is 0. The maximum atomic E-state index is 9.95. The second kappa shape index (κ2) is 4.65. The van der Waals surface area contributed by atoms with Gasteiger partial charge in [0, 0.05) is 7.05 Å². The van der Waals surface area contributed by atoms with Crippen LogP contribution in [0.5, 0.6) is 0 Å². The van der Waals surface area contributed by atoms with Crippen LogP contribution in [-0.2, 0) is 0 Å². The minimum Gasteiger partial charge on any atom is -0.391 e. The topological polar surface area (TPSA) is 75.3 Å². The van der Waals surface area contributed by atoms with Gasteiger partial charge in [0.25, 0.3) is 0 Å². The Kier molecular flexibility index (Phi) is 3.24. The second-order valence-corrected chi connectivity index (χ2v) is 4.33. The average Bonchev–Trinajstić information content (AvgIpc) is 2.29. The molecular formula is C11H18N4O. The maximum Gasteiger partial charge on any atom is 0.149 e. The number of hydrogen-bond acceptors (Lipinski definition) is 5. The Bertz CT molecular complexity index is 358. The largest absolute Gasteiger partial charge is 0.391 e. The molecule has 1 aliphatic rings. The van der Waals surface area contributed by atoms with E-state index < -0.39 is 0 Å². The predicted molar refractivity (Wildman–Crippen MR) is 63.1 cm³/mol. The van der Waals surface area contributed by atoms with Crippen molar-refractivity contribution >= 4 is 11.6 Å². The lowest BCUT2D eigenvalue weighted by Crippen LogP contribution is -2.43. The molecule has 1 aromatic heterocycles. The lowest BCUT2D eigenvalue weighted by Gasteiger charge is -2.35. The molecule has 1 aliphatic carbocycles. The number of nitrogens with zero attached hydrogens (tertiary/aromatic N) is 3. The van der Waals surface area contributed by atoms with E-state index in [0.29, 0.717) is 5.82 Å². The zero-order valence-electron chi connectivity index (χ0n) is 9.50. The molecule has 0 saturated heterocycles. The summed E-state index contributed by atoms with van der Waals surface area (Å²) in [4.78, 5) is 10.2. The molecule has 0 aliphatic heterocycles. The van der Waals surface area contributed by atoms with Crippen molar-refractivity contribution in [2.45, 2.75) is 37.8 Å². The van der Waals surface area contributed by atoms with E-state index in [4.69, 9.17) is 5.73 Å². The first-order valence-corrected chi connectivity index (χ1v) is 5.67. The molecular weight excluding hydrogens is 204 g/mol. The third kappa shape index (κ3) is 2.24. The Morgan fingerprint density at radius 1 is 1.38 bits per heavy atom. The van der Waals surface area contributed by atoms with Crippen LogP contribution in [0.3, 0.4) is 0 Å². The number of rotatable bonds is 2. The van der Waals surface area contributed by atoms with Gasteiger partial charge in [0.15, 0.2) is 0 Å². The number of likely N-dealkylation sites (N-methyl/N-ethyl adjacent to an activating group) is 1. The van der Waals surface area contributed by atoms with Gasteiger partial charge in [-0.05, 0) is 12.8 Å². The minimum atomic E-state index is -0.276. The highest BCUT2D eigenvalue weighted by Gasteiger charge is 2.27. The van der Waals surface area contributed by atoms with E-state index in [1.54, 1.807) is 6.20 Å². The molecule has 2 unspecified atom stereocenters. The van der Waals surface area contributed by atoms with Crippen LogP contribution in [0.4, 0.5) is 11.6 Å². The van der Waals surface area contributed by atoms with Gasteiger partial charge in [0.05, 0.1) is 24.5 Å². The van der Waals surface area contributed by atoms with Crippen molar-refractivity contribution in [3.05, 3.63) is 12.4 Å². The van der Waals surface area contributed by atoms with Crippen molar-refractivity contribution in [1.82, 2.24) is 9.97 Å². The monoisotopic (exact) mass is 222 g/mol. The number of anilines is 2. The van der Waals surface area contributed by atoms with E-state index >= 15 is 0 Å². The maximum absolute atomic E-state index is 9.95. The van der Waals surface area contributed by atoms with Crippen molar-refractivity contribution in [3.63, 3.8) is 0 Å². The Morgan fingerprint density at radius 2 is 2.12 bits per heavy atom. The third-order valence-corrected chi connectivity index (χ3v) is 3.19. The van der Waals surface area contributed by atoms with Gasteiger partial charge in [-0.2, -0.15) is 0 Å². The molecule has 0 amide bonds. The summed E-state index contributed by atoms with van der Waals surface area (Å²) >= 11 is 0. The number of aliphatic hydroxyl groups excluding tert-OH is 1. The Hall–Kier alpha value is -1.36. The molecule has 16 heavy (non-hydrogen) atoms. The van der Waals surface area contributed by atoms with Gasteiger partial charge < -0.3 is 15.7 Å². The molecule has 5 heteroatoms. The fraction of sp³-hybridized carbons (Fsp3) is 0.636. The van der Waals surface area contributed by atoms with E-state index in [1.807, 2.05) is 11.9 Å². The SMILES string of the molecule is CN(c1cncc(N)n1)C1CCCCC1O. The van der Waals surface area contributed by atoms with E-state index in [2.05, 4.69) is 9.97 Å². The number of nitrogen functional groups attached to an aromatic ring is 1. The Morgan fingerprint density at radius 3 is 2.81 bits per heavy atom. The lowest BCUT2D eigenvalue weighted by molar-refractivity contribution is 0.106. The number of hydrogen-bond donors (Lipinski definition) is 2. The van der Waals surface area contributed by atoms with Crippen LogP contribution >= 0.6 is 0 Å². The summed E-state index contributed by atoms with van der Waals surface area (Å²) in [5, 5.41) is 9.95. The van der Waals surface area contributed by atoms with Gasteiger partial charge in [-0.1, -0.05) is 12.8 Å². The predicted octanol–water partition coefficient (Wildman–Crippen LogP) is 0.798. The normalized spacial score (nSPS) is 25.4. The molecule has 88 valence electrons. The lowest BCUT2D eigenvalue weighted by atomic mass is 9.92. The van der Waals surface area contributed by atoms with E-state index in [9.17, 15) is 5.11 Å². The van der Waals surface area contributed by atoms with Crippen molar-refractivity contribution < 1.29 is 5.11 Å². The molecule has 5 nitrogen and oxygen atoms in total. The van der Waals surface area contributed by atoms with Gasteiger partial charge >= 0.3 is 0 Å². The van der Waals surface area contributed by atoms with Gasteiger partial charge in [-0.25, -0.2) is 4.98 Å². The molecule has 1 fully saturated rings. The Balaban J connectivity index is 2.14. The zero-order chi connectivity index (χ0) is 11.5. The van der Waals surface area contributed by atoms with Crippen LogP contribution < -0.4 is 10.6 Å². The van der Waals surface area contributed by atoms with E-state index in [-0.39, 0.29) is 12.1 Å². The van der Waals surface area contributed by atoms with Gasteiger partial charge in [-0.15, -0.1) is 0 Å². The van der Waals surface area contributed by atoms with Crippen LogP contribution in [0.15, 0.2) is 12.4 Å². The molecule has 1 saturated carbocycles. The van der Waals surface area contributed by atoms with Gasteiger partial charge in [0.2, 0.25) is 0 Å². The highest BCUT2D eigenvalue weighted by Crippen LogP contribution is 2.25. The number of aliphatic hydroxyl groups is 1. The van der Waals surface area contributed by atoms with Crippen LogP contribution in [0, 0.1) is 0 Å². The van der Waals surface area contributed by atoms with Crippen molar-refractivity contribution in [3.8, 4) is 0 Å². The molecule has 1 heterocycles. The highest BCUT2D eigenvalue weighted by molar-refractivity contribution is 5.42. The average molecular weight is 222 g/mol. The molecule has 0 spiro atoms. The Labute approximate surface area is 95.3 Å². The smallest absolute Gasteiger partial charge is 0.149 e. The summed E-state index contributed by atoms with van der Waals surface area (Å²) in [5.41, 5.74) is 5.60. The summed E-state index contributed by atoms with van der Waals surface area (Å²) in [6.45, 7) is 0. The van der Waals surface area contributed by atoms with Crippen LogP contribution in [0.1, 0.15) is 25.7 Å². The van der Waals surface area contributed by atoms with Crippen LogP contribution in [0.25, 0.3) is 0 Å². The van der Waals surface area contributed by atoms with Gasteiger partial charge in [0.1, 0.15) is 11.6 Å². The summed E-state index contributed by atoms with van der Waals surface area (Å²) in [6.07, 6.45) is 7.04. The molecule has 2 rings (SSSR count). The first-order chi connectivity index (χ1) is 7.68. The van der Waals surface area contributed by atoms with E-state index in [1.165, 1.54) is 6.20 Å². The third-order valence-electron chi connectivity index (χ3n) is 3.19.